The van der Waals surface area contributed by atoms with Crippen LogP contribution in [0.4, 0.5) is 0 Å². The number of methoxy groups -OCH3 is 3. The van der Waals surface area contributed by atoms with E-state index in [4.69, 9.17) is 33.9 Å². The summed E-state index contributed by atoms with van der Waals surface area (Å²) in [5.41, 5.74) is 4.69. The molecule has 3 aromatic carbocycles. The molecule has 2 N–H and O–H groups in total. The van der Waals surface area contributed by atoms with E-state index in [9.17, 15) is 9.59 Å². The number of carboxylic acids is 2. The Morgan fingerprint density at radius 1 is 0.610 bits per heavy atom. The van der Waals surface area contributed by atoms with Crippen LogP contribution in [-0.4, -0.2) is 56.7 Å². The van der Waals surface area contributed by atoms with Gasteiger partial charge in [-0.05, 0) is 94.1 Å². The highest BCUT2D eigenvalue weighted by molar-refractivity contribution is 5.99. The molecule has 0 saturated carbocycles. The Bertz CT molecular complexity index is 1380. The molecule has 0 fully saturated rings. The van der Waals surface area contributed by atoms with Crippen LogP contribution in [0.5, 0.6) is 28.7 Å². The van der Waals surface area contributed by atoms with Gasteiger partial charge in [-0.2, -0.15) is 0 Å². The fourth-order valence-electron chi connectivity index (χ4n) is 4.47. The highest BCUT2D eigenvalue weighted by Crippen LogP contribution is 2.34. The van der Waals surface area contributed by atoms with E-state index < -0.39 is 11.9 Å². The van der Waals surface area contributed by atoms with Gasteiger partial charge in [0, 0.05) is 17.5 Å². The molecule has 0 aliphatic rings. The lowest BCUT2D eigenvalue weighted by Crippen LogP contribution is -2.12. The van der Waals surface area contributed by atoms with Crippen LogP contribution < -0.4 is 23.7 Å². The summed E-state index contributed by atoms with van der Waals surface area (Å²) in [4.78, 5) is 22.3. The van der Waals surface area contributed by atoms with Gasteiger partial charge >= 0.3 is 11.9 Å². The summed E-state index contributed by atoms with van der Waals surface area (Å²) < 4.78 is 27.3. The Kier molecular flexibility index (Phi) is 11.9. The summed E-state index contributed by atoms with van der Waals surface area (Å²) >= 11 is 0. The topological polar surface area (TPSA) is 121 Å². The Morgan fingerprint density at radius 3 is 1.66 bits per heavy atom. The first kappa shape index (κ1) is 32.8. The van der Waals surface area contributed by atoms with Crippen molar-refractivity contribution in [3.63, 3.8) is 0 Å². The number of hydrogen-bond donors (Lipinski definition) is 2. The summed E-state index contributed by atoms with van der Waals surface area (Å²) in [6, 6.07) is 9.62. The number of aromatic carboxylic acids is 2. The van der Waals surface area contributed by atoms with Crippen molar-refractivity contribution >= 4 is 11.9 Å². The van der Waals surface area contributed by atoms with Gasteiger partial charge in [0.05, 0.1) is 40.1 Å². The van der Waals surface area contributed by atoms with Crippen LogP contribution in [0.1, 0.15) is 60.5 Å². The Hall–Kier alpha value is -4.40. The average Bonchev–Trinajstić information content (AvgIpc) is 2.94. The zero-order valence-corrected chi connectivity index (χ0v) is 25.3. The number of rotatable bonds is 11. The normalized spacial score (nSPS) is 10.3. The maximum atomic E-state index is 11.2. The Balaban J connectivity index is 0.000000305. The number of carboxylic acid groups (broad SMARTS) is 2. The van der Waals surface area contributed by atoms with Crippen LogP contribution in [-0.2, 0) is 0 Å². The van der Waals surface area contributed by atoms with Gasteiger partial charge < -0.3 is 33.9 Å². The molecule has 222 valence electrons. The molecule has 0 aromatic heterocycles. The first-order valence-electron chi connectivity index (χ1n) is 13.1. The van der Waals surface area contributed by atoms with Crippen LogP contribution in [0.25, 0.3) is 0 Å². The van der Waals surface area contributed by atoms with E-state index in [0.29, 0.717) is 29.9 Å². The van der Waals surface area contributed by atoms with Crippen molar-refractivity contribution in [2.24, 2.45) is 0 Å². The van der Waals surface area contributed by atoms with E-state index in [-0.39, 0.29) is 16.9 Å². The predicted octanol–water partition coefficient (Wildman–Crippen LogP) is 6.49. The van der Waals surface area contributed by atoms with Crippen LogP contribution in [0.15, 0.2) is 30.3 Å². The van der Waals surface area contributed by atoms with Gasteiger partial charge in [0.15, 0.2) is 0 Å². The second kappa shape index (κ2) is 14.8. The number of ether oxygens (including phenoxy) is 5. The standard InChI is InChI=1S/C20H26O4.C12H14O5/c1-14-13-19(22-5)16(3)20(15(14)2)24-12-6-11-23-18-9-7-17(21-4)8-10-18;1-5-6(2)9(12(15)16)10(17-4)7(3)8(5)11(13)14/h7-10,13H,6,11-12H2,1-5H3;1-4H3,(H,13,14)(H,15,16). The van der Waals surface area contributed by atoms with E-state index in [2.05, 4.69) is 13.8 Å². The smallest absolute Gasteiger partial charge is 0.339 e. The fraction of sp³-hybridized carbons (Fsp3) is 0.375. The Labute approximate surface area is 241 Å². The lowest BCUT2D eigenvalue weighted by atomic mass is 9.92. The first-order valence-corrected chi connectivity index (χ1v) is 13.1. The third-order valence-corrected chi connectivity index (χ3v) is 6.96. The maximum absolute atomic E-state index is 11.2. The molecule has 0 spiro atoms. The third-order valence-electron chi connectivity index (χ3n) is 6.96. The molecule has 0 radical (unpaired) electrons. The van der Waals surface area contributed by atoms with Crippen molar-refractivity contribution in [3.8, 4) is 28.7 Å². The summed E-state index contributed by atoms with van der Waals surface area (Å²) in [7, 11) is 4.66. The lowest BCUT2D eigenvalue weighted by molar-refractivity contribution is 0.0675. The minimum Gasteiger partial charge on any atom is -0.497 e. The summed E-state index contributed by atoms with van der Waals surface area (Å²) in [5.74, 6) is 1.34. The van der Waals surface area contributed by atoms with Gasteiger partial charge in [-0.25, -0.2) is 9.59 Å². The zero-order valence-electron chi connectivity index (χ0n) is 25.3. The highest BCUT2D eigenvalue weighted by Gasteiger charge is 2.25. The number of hydrogen-bond acceptors (Lipinski definition) is 7. The molecular weight excluding hydrogens is 528 g/mol. The van der Waals surface area contributed by atoms with E-state index in [0.717, 1.165) is 40.5 Å². The minimum absolute atomic E-state index is 0.0208. The Morgan fingerprint density at radius 2 is 1.15 bits per heavy atom. The van der Waals surface area contributed by atoms with Gasteiger partial charge in [-0.3, -0.25) is 0 Å². The van der Waals surface area contributed by atoms with Gasteiger partial charge in [-0.1, -0.05) is 0 Å². The third kappa shape index (κ3) is 7.84. The van der Waals surface area contributed by atoms with Crippen molar-refractivity contribution < 1.29 is 43.5 Å². The largest absolute Gasteiger partial charge is 0.497 e. The van der Waals surface area contributed by atoms with E-state index in [1.807, 2.05) is 37.3 Å². The van der Waals surface area contributed by atoms with Crippen molar-refractivity contribution in [2.45, 2.75) is 48.0 Å². The molecule has 0 bridgehead atoms. The number of aryl methyl sites for hydroxylation is 1. The van der Waals surface area contributed by atoms with Gasteiger partial charge in [0.25, 0.3) is 0 Å². The van der Waals surface area contributed by atoms with Crippen LogP contribution in [0.2, 0.25) is 0 Å². The van der Waals surface area contributed by atoms with E-state index >= 15 is 0 Å². The van der Waals surface area contributed by atoms with E-state index in [1.54, 1.807) is 35.0 Å². The van der Waals surface area contributed by atoms with Crippen molar-refractivity contribution in [2.75, 3.05) is 34.5 Å². The molecule has 9 heteroatoms. The summed E-state index contributed by atoms with van der Waals surface area (Å²) in [6.07, 6.45) is 0.807. The molecule has 9 nitrogen and oxygen atoms in total. The molecule has 3 aromatic rings. The van der Waals surface area contributed by atoms with Crippen LogP contribution in [0.3, 0.4) is 0 Å². The molecule has 0 atom stereocenters. The predicted molar refractivity (Wildman–Crippen MR) is 157 cm³/mol. The quantitative estimate of drug-likeness (QED) is 0.250. The van der Waals surface area contributed by atoms with Crippen molar-refractivity contribution in [3.05, 3.63) is 74.8 Å². The molecule has 0 aliphatic carbocycles. The second-order valence-electron chi connectivity index (χ2n) is 9.47. The van der Waals surface area contributed by atoms with E-state index in [1.165, 1.54) is 12.7 Å². The van der Waals surface area contributed by atoms with Crippen LogP contribution >= 0.6 is 0 Å². The molecule has 0 aliphatic heterocycles. The van der Waals surface area contributed by atoms with Gasteiger partial charge in [0.2, 0.25) is 0 Å². The van der Waals surface area contributed by atoms with Crippen molar-refractivity contribution in [1.29, 1.82) is 0 Å². The average molecular weight is 569 g/mol. The fourth-order valence-corrected chi connectivity index (χ4v) is 4.47. The highest BCUT2D eigenvalue weighted by atomic mass is 16.5. The first-order chi connectivity index (χ1) is 19.4. The lowest BCUT2D eigenvalue weighted by Gasteiger charge is -2.17. The summed E-state index contributed by atoms with van der Waals surface area (Å²) in [6.45, 7) is 12.1. The maximum Gasteiger partial charge on any atom is 0.339 e. The monoisotopic (exact) mass is 568 g/mol. The SMILES string of the molecule is COc1c(C)c(C(=O)O)c(C)c(C)c1C(=O)O.COc1ccc(OCCCOc2c(C)c(C)cc(OC)c2C)cc1. The second-order valence-corrected chi connectivity index (χ2v) is 9.47. The van der Waals surface area contributed by atoms with Crippen molar-refractivity contribution in [1.82, 2.24) is 0 Å². The molecule has 3 rings (SSSR count). The minimum atomic E-state index is -1.12. The number of carbonyl (C=O) groups is 2. The number of benzene rings is 3. The molecular formula is C32H40O9. The van der Waals surface area contributed by atoms with Gasteiger partial charge in [-0.15, -0.1) is 0 Å². The van der Waals surface area contributed by atoms with Crippen LogP contribution in [0, 0.1) is 41.5 Å². The molecule has 0 amide bonds. The molecule has 0 heterocycles. The molecule has 0 saturated heterocycles. The zero-order chi connectivity index (χ0) is 30.9. The molecule has 41 heavy (non-hydrogen) atoms. The van der Waals surface area contributed by atoms with Gasteiger partial charge in [0.1, 0.15) is 34.3 Å². The molecule has 0 unspecified atom stereocenters. The summed E-state index contributed by atoms with van der Waals surface area (Å²) in [5, 5.41) is 18.2.